The topological polar surface area (TPSA) is 52.0 Å². The van der Waals surface area contributed by atoms with Gasteiger partial charge in [-0.15, -0.1) is 11.3 Å². The number of carbonyl (C=O) groups is 1. The van der Waals surface area contributed by atoms with E-state index < -0.39 is 0 Å². The summed E-state index contributed by atoms with van der Waals surface area (Å²) in [4.78, 5) is 30.5. The van der Waals surface area contributed by atoms with Gasteiger partial charge >= 0.3 is 0 Å². The fourth-order valence-electron chi connectivity index (χ4n) is 3.00. The van der Waals surface area contributed by atoms with Gasteiger partial charge in [0.25, 0.3) is 5.56 Å². The number of fused-ring (bicyclic) bond motifs is 4. The van der Waals surface area contributed by atoms with Gasteiger partial charge in [-0.25, -0.2) is 4.98 Å². The molecule has 2 aromatic rings. The Morgan fingerprint density at radius 2 is 2.00 bits per heavy atom. The van der Waals surface area contributed by atoms with Gasteiger partial charge in [0.15, 0.2) is 5.78 Å². The normalized spacial score (nSPS) is 18.1. The number of nitrogens with zero attached hydrogens (tertiary/aromatic N) is 2. The molecule has 0 aromatic carbocycles. The standard InChI is InChI=1S/C13H12N2O2S/c16-8-4-1-3-7-10-12(18-11(7)8)14-9-5-2-6-15(9)13(10)17/h1-6H2. The monoisotopic (exact) mass is 260 g/mol. The molecular formula is C13H12N2O2S. The van der Waals surface area contributed by atoms with Gasteiger partial charge in [-0.2, -0.15) is 0 Å². The Labute approximate surface area is 107 Å². The van der Waals surface area contributed by atoms with Crippen molar-refractivity contribution in [3.8, 4) is 0 Å². The van der Waals surface area contributed by atoms with E-state index >= 15 is 0 Å². The molecule has 0 radical (unpaired) electrons. The number of rotatable bonds is 0. The highest BCUT2D eigenvalue weighted by atomic mass is 32.1. The number of ketones is 1. The van der Waals surface area contributed by atoms with Gasteiger partial charge in [0, 0.05) is 19.4 Å². The molecule has 0 bridgehead atoms. The van der Waals surface area contributed by atoms with E-state index in [0.29, 0.717) is 11.8 Å². The molecular weight excluding hydrogens is 248 g/mol. The molecule has 0 N–H and O–H groups in total. The van der Waals surface area contributed by atoms with Crippen LogP contribution in [0.4, 0.5) is 0 Å². The number of Topliss-reactive ketones (excluding diaryl/α,β-unsaturated/α-hetero) is 1. The molecule has 3 heterocycles. The molecule has 0 saturated carbocycles. The Balaban J connectivity index is 2.14. The number of thiophene rings is 1. The minimum Gasteiger partial charge on any atom is -0.296 e. The van der Waals surface area contributed by atoms with E-state index in [-0.39, 0.29) is 11.3 Å². The lowest BCUT2D eigenvalue weighted by molar-refractivity contribution is 0.0977. The lowest BCUT2D eigenvalue weighted by Gasteiger charge is -2.09. The van der Waals surface area contributed by atoms with Crippen molar-refractivity contribution in [2.45, 2.75) is 38.6 Å². The molecule has 0 unspecified atom stereocenters. The maximum Gasteiger partial charge on any atom is 0.262 e. The van der Waals surface area contributed by atoms with Crippen LogP contribution in [-0.2, 0) is 19.4 Å². The highest BCUT2D eigenvalue weighted by Gasteiger charge is 2.27. The van der Waals surface area contributed by atoms with Crippen LogP contribution in [0.1, 0.15) is 40.3 Å². The summed E-state index contributed by atoms with van der Waals surface area (Å²) in [5, 5.41) is 0.716. The largest absolute Gasteiger partial charge is 0.296 e. The smallest absolute Gasteiger partial charge is 0.262 e. The maximum atomic E-state index is 12.5. The lowest BCUT2D eigenvalue weighted by atomic mass is 9.96. The van der Waals surface area contributed by atoms with Gasteiger partial charge in [0.1, 0.15) is 10.7 Å². The molecule has 2 aromatic heterocycles. The number of aryl methyl sites for hydroxylation is 2. The van der Waals surface area contributed by atoms with Crippen LogP contribution >= 0.6 is 11.3 Å². The van der Waals surface area contributed by atoms with E-state index in [9.17, 15) is 9.59 Å². The number of carbonyl (C=O) groups excluding carboxylic acids is 1. The van der Waals surface area contributed by atoms with Crippen molar-refractivity contribution in [1.29, 1.82) is 0 Å². The van der Waals surface area contributed by atoms with E-state index in [1.165, 1.54) is 11.3 Å². The first-order valence-corrected chi connectivity index (χ1v) is 7.15. The van der Waals surface area contributed by atoms with Crippen LogP contribution in [0, 0.1) is 0 Å². The van der Waals surface area contributed by atoms with Crippen molar-refractivity contribution < 1.29 is 4.79 Å². The molecule has 0 fully saturated rings. The molecule has 1 aliphatic heterocycles. The Kier molecular flexibility index (Phi) is 2.03. The van der Waals surface area contributed by atoms with E-state index in [1.54, 1.807) is 4.57 Å². The van der Waals surface area contributed by atoms with Crippen molar-refractivity contribution in [1.82, 2.24) is 9.55 Å². The first kappa shape index (κ1) is 10.4. The molecule has 0 atom stereocenters. The quantitative estimate of drug-likeness (QED) is 0.727. The average Bonchev–Trinajstić information content (AvgIpc) is 2.94. The zero-order valence-electron chi connectivity index (χ0n) is 9.86. The lowest BCUT2D eigenvalue weighted by Crippen LogP contribution is -2.21. The fraction of sp³-hybridized carbons (Fsp3) is 0.462. The molecule has 0 amide bonds. The first-order chi connectivity index (χ1) is 8.75. The van der Waals surface area contributed by atoms with Crippen LogP contribution in [0.5, 0.6) is 0 Å². The molecule has 18 heavy (non-hydrogen) atoms. The molecule has 5 heteroatoms. The first-order valence-electron chi connectivity index (χ1n) is 6.34. The Bertz CT molecular complexity index is 742. The van der Waals surface area contributed by atoms with Crippen LogP contribution in [-0.4, -0.2) is 15.3 Å². The van der Waals surface area contributed by atoms with Gasteiger partial charge in [-0.05, 0) is 24.8 Å². The number of hydrogen-bond acceptors (Lipinski definition) is 4. The van der Waals surface area contributed by atoms with Crippen molar-refractivity contribution in [2.24, 2.45) is 0 Å². The molecule has 2 aliphatic rings. The van der Waals surface area contributed by atoms with Gasteiger partial charge < -0.3 is 0 Å². The van der Waals surface area contributed by atoms with Crippen molar-refractivity contribution in [3.63, 3.8) is 0 Å². The molecule has 1 aliphatic carbocycles. The Morgan fingerprint density at radius 1 is 1.11 bits per heavy atom. The molecule has 4 nitrogen and oxygen atoms in total. The summed E-state index contributed by atoms with van der Waals surface area (Å²) in [6, 6.07) is 0. The van der Waals surface area contributed by atoms with E-state index in [1.807, 2.05) is 0 Å². The minimum atomic E-state index is 0.0692. The molecule has 4 rings (SSSR count). The zero-order valence-corrected chi connectivity index (χ0v) is 10.7. The highest BCUT2D eigenvalue weighted by Crippen LogP contribution is 2.34. The predicted octanol–water partition coefficient (Wildman–Crippen LogP) is 1.92. The molecule has 92 valence electrons. The van der Waals surface area contributed by atoms with Gasteiger partial charge in [-0.1, -0.05) is 0 Å². The summed E-state index contributed by atoms with van der Waals surface area (Å²) in [5.74, 6) is 1.07. The summed E-state index contributed by atoms with van der Waals surface area (Å²) in [5.41, 5.74) is 1.03. The second-order valence-corrected chi connectivity index (χ2v) is 5.95. The molecule has 0 spiro atoms. The maximum absolute atomic E-state index is 12.5. The fourth-order valence-corrected chi connectivity index (χ4v) is 4.20. The zero-order chi connectivity index (χ0) is 12.3. The van der Waals surface area contributed by atoms with Crippen LogP contribution in [0.2, 0.25) is 0 Å². The minimum absolute atomic E-state index is 0.0692. The predicted molar refractivity (Wildman–Crippen MR) is 69.5 cm³/mol. The van der Waals surface area contributed by atoms with E-state index in [4.69, 9.17) is 0 Å². The van der Waals surface area contributed by atoms with Crippen molar-refractivity contribution >= 4 is 27.3 Å². The second kappa shape index (κ2) is 3.51. The third-order valence-corrected chi connectivity index (χ3v) is 5.02. The number of hydrogen-bond donors (Lipinski definition) is 0. The third kappa shape index (κ3) is 1.22. The number of aromatic nitrogens is 2. The van der Waals surface area contributed by atoms with Crippen LogP contribution in [0.15, 0.2) is 4.79 Å². The summed E-state index contributed by atoms with van der Waals surface area (Å²) in [6.45, 7) is 0.773. The van der Waals surface area contributed by atoms with Crippen LogP contribution in [0.3, 0.4) is 0 Å². The Morgan fingerprint density at radius 3 is 2.89 bits per heavy atom. The van der Waals surface area contributed by atoms with Crippen molar-refractivity contribution in [3.05, 3.63) is 26.6 Å². The molecule has 0 saturated heterocycles. The van der Waals surface area contributed by atoms with Crippen molar-refractivity contribution in [2.75, 3.05) is 0 Å². The average molecular weight is 260 g/mol. The highest BCUT2D eigenvalue weighted by molar-refractivity contribution is 7.20. The summed E-state index contributed by atoms with van der Waals surface area (Å²) in [7, 11) is 0. The van der Waals surface area contributed by atoms with Gasteiger partial charge in [-0.3, -0.25) is 14.2 Å². The third-order valence-electron chi connectivity index (χ3n) is 3.86. The van der Waals surface area contributed by atoms with E-state index in [0.717, 1.165) is 53.3 Å². The van der Waals surface area contributed by atoms with E-state index in [2.05, 4.69) is 4.98 Å². The van der Waals surface area contributed by atoms with Gasteiger partial charge in [0.2, 0.25) is 0 Å². The second-order valence-electron chi connectivity index (χ2n) is 4.95. The summed E-state index contributed by atoms with van der Waals surface area (Å²) in [6.07, 6.45) is 4.19. The SMILES string of the molecule is O=C1CCCc2c1sc1nc3n(c(=O)c21)CCC3. The summed E-state index contributed by atoms with van der Waals surface area (Å²) < 4.78 is 1.79. The summed E-state index contributed by atoms with van der Waals surface area (Å²) >= 11 is 1.41. The van der Waals surface area contributed by atoms with Gasteiger partial charge in [0.05, 0.1) is 10.3 Å². The van der Waals surface area contributed by atoms with Crippen LogP contribution in [0.25, 0.3) is 10.2 Å². The Hall–Kier alpha value is -1.49. The van der Waals surface area contributed by atoms with Crippen LogP contribution < -0.4 is 5.56 Å².